The summed E-state index contributed by atoms with van der Waals surface area (Å²) in [6, 6.07) is -4.29. The number of likely N-dealkylation sites (tertiary alicyclic amines) is 1. The van der Waals surface area contributed by atoms with Gasteiger partial charge in [-0.25, -0.2) is 9.78 Å². The van der Waals surface area contributed by atoms with Gasteiger partial charge < -0.3 is 37.1 Å². The number of aliphatic carboxylic acids is 1. The van der Waals surface area contributed by atoms with E-state index in [0.717, 1.165) is 0 Å². The van der Waals surface area contributed by atoms with Gasteiger partial charge in [0.25, 0.3) is 0 Å². The van der Waals surface area contributed by atoms with Crippen LogP contribution in [0.3, 0.4) is 0 Å². The molecule has 13 heteroatoms. The van der Waals surface area contributed by atoms with Crippen LogP contribution in [0, 0.1) is 5.92 Å². The number of carbonyl (C=O) groups is 5. The van der Waals surface area contributed by atoms with Crippen molar-refractivity contribution in [1.82, 2.24) is 25.5 Å². The van der Waals surface area contributed by atoms with Gasteiger partial charge in [-0.3, -0.25) is 19.2 Å². The van der Waals surface area contributed by atoms with E-state index in [9.17, 15) is 29.1 Å². The van der Waals surface area contributed by atoms with E-state index >= 15 is 0 Å². The van der Waals surface area contributed by atoms with Crippen molar-refractivity contribution >= 4 is 29.6 Å². The van der Waals surface area contributed by atoms with Crippen LogP contribution >= 0.6 is 0 Å². The molecule has 8 N–H and O–H groups in total. The third-order valence-electron chi connectivity index (χ3n) is 5.97. The minimum Gasteiger partial charge on any atom is -0.480 e. The Morgan fingerprint density at radius 3 is 2.56 bits per heavy atom. The molecule has 1 aromatic rings. The van der Waals surface area contributed by atoms with Crippen molar-refractivity contribution in [2.45, 2.75) is 70.1 Å². The van der Waals surface area contributed by atoms with Crippen LogP contribution in [0.25, 0.3) is 0 Å². The standard InChI is InChI=1S/C21H33N7O6/c1-3-11(2)17(21(33)34)27-18(30)14(7-12-9-24-10-25-12)26-19(31)15-5-4-6-28(15)20(32)13(22)8-16(23)29/h9-11,13-15,17H,3-8,22H2,1-2H3,(H2,23,29)(H,24,25)(H,26,31)(H,27,30)(H,33,34). The molecule has 1 saturated heterocycles. The third-order valence-corrected chi connectivity index (χ3v) is 5.97. The van der Waals surface area contributed by atoms with E-state index in [4.69, 9.17) is 11.5 Å². The zero-order valence-electron chi connectivity index (χ0n) is 19.3. The molecular weight excluding hydrogens is 446 g/mol. The lowest BCUT2D eigenvalue weighted by atomic mass is 9.98. The van der Waals surface area contributed by atoms with Gasteiger partial charge in [-0.2, -0.15) is 0 Å². The fourth-order valence-electron chi connectivity index (χ4n) is 3.85. The van der Waals surface area contributed by atoms with Gasteiger partial charge in [-0.05, 0) is 18.8 Å². The maximum atomic E-state index is 13.1. The first-order valence-corrected chi connectivity index (χ1v) is 11.2. The molecule has 1 fully saturated rings. The lowest BCUT2D eigenvalue weighted by molar-refractivity contribution is -0.144. The van der Waals surface area contributed by atoms with Gasteiger partial charge >= 0.3 is 5.97 Å². The number of imidazole rings is 1. The van der Waals surface area contributed by atoms with Crippen LogP contribution in [-0.4, -0.2) is 80.3 Å². The average Bonchev–Trinajstić information content (AvgIpc) is 3.47. The summed E-state index contributed by atoms with van der Waals surface area (Å²) in [7, 11) is 0. The van der Waals surface area contributed by atoms with Crippen molar-refractivity contribution in [3.05, 3.63) is 18.2 Å². The van der Waals surface area contributed by atoms with Crippen LogP contribution in [0.5, 0.6) is 0 Å². The number of aromatic amines is 1. The third kappa shape index (κ3) is 7.01. The quantitative estimate of drug-likeness (QED) is 0.202. The predicted molar refractivity (Wildman–Crippen MR) is 120 cm³/mol. The summed E-state index contributed by atoms with van der Waals surface area (Å²) in [6.07, 6.45) is 4.02. The number of hydrogen-bond acceptors (Lipinski definition) is 7. The molecule has 0 bridgehead atoms. The van der Waals surface area contributed by atoms with E-state index in [-0.39, 0.29) is 25.3 Å². The van der Waals surface area contributed by atoms with Crippen LogP contribution in [-0.2, 0) is 30.4 Å². The molecule has 0 spiro atoms. The Balaban J connectivity index is 2.17. The molecule has 34 heavy (non-hydrogen) atoms. The van der Waals surface area contributed by atoms with E-state index in [1.165, 1.54) is 17.4 Å². The minimum atomic E-state index is -1.18. The fraction of sp³-hybridized carbons (Fsp3) is 0.619. The second-order valence-corrected chi connectivity index (χ2v) is 8.52. The number of carbonyl (C=O) groups excluding carboxylic acids is 4. The molecule has 1 aliphatic rings. The van der Waals surface area contributed by atoms with Crippen molar-refractivity contribution in [3.63, 3.8) is 0 Å². The van der Waals surface area contributed by atoms with Gasteiger partial charge in [-0.1, -0.05) is 20.3 Å². The molecule has 2 rings (SSSR count). The first kappa shape index (κ1) is 26.8. The fourth-order valence-corrected chi connectivity index (χ4v) is 3.85. The second-order valence-electron chi connectivity index (χ2n) is 8.52. The van der Waals surface area contributed by atoms with E-state index < -0.39 is 53.8 Å². The molecule has 2 heterocycles. The largest absolute Gasteiger partial charge is 0.480 e. The number of nitrogens with one attached hydrogen (secondary N) is 3. The van der Waals surface area contributed by atoms with Gasteiger partial charge in [0.2, 0.25) is 23.6 Å². The molecule has 5 atom stereocenters. The lowest BCUT2D eigenvalue weighted by Gasteiger charge is -2.29. The molecule has 13 nitrogen and oxygen atoms in total. The predicted octanol–water partition coefficient (Wildman–Crippen LogP) is -1.75. The number of hydrogen-bond donors (Lipinski definition) is 6. The van der Waals surface area contributed by atoms with E-state index in [2.05, 4.69) is 20.6 Å². The van der Waals surface area contributed by atoms with Crippen LogP contribution in [0.2, 0.25) is 0 Å². The topological polar surface area (TPSA) is 214 Å². The summed E-state index contributed by atoms with van der Waals surface area (Å²) in [5.41, 5.74) is 11.4. The Labute approximate surface area is 197 Å². The number of nitrogens with two attached hydrogens (primary N) is 2. The van der Waals surface area contributed by atoms with Crippen molar-refractivity contribution in [1.29, 1.82) is 0 Å². The summed E-state index contributed by atoms with van der Waals surface area (Å²) < 4.78 is 0. The molecule has 1 aliphatic heterocycles. The Hall–Kier alpha value is -3.48. The van der Waals surface area contributed by atoms with E-state index in [1.807, 2.05) is 6.92 Å². The highest BCUT2D eigenvalue weighted by atomic mass is 16.4. The SMILES string of the molecule is CCC(C)C(NC(=O)C(Cc1cnc[nH]1)NC(=O)C1CCCN1C(=O)C(N)CC(N)=O)C(=O)O. The highest BCUT2D eigenvalue weighted by molar-refractivity contribution is 5.95. The Morgan fingerprint density at radius 2 is 2.00 bits per heavy atom. The molecule has 0 radical (unpaired) electrons. The van der Waals surface area contributed by atoms with Gasteiger partial charge in [-0.15, -0.1) is 0 Å². The van der Waals surface area contributed by atoms with E-state index in [1.54, 1.807) is 6.92 Å². The highest BCUT2D eigenvalue weighted by Crippen LogP contribution is 2.19. The Kier molecular flexibility index (Phi) is 9.54. The zero-order valence-corrected chi connectivity index (χ0v) is 19.3. The monoisotopic (exact) mass is 479 g/mol. The summed E-state index contributed by atoms with van der Waals surface area (Å²) in [5.74, 6) is -4.06. The maximum absolute atomic E-state index is 13.1. The zero-order chi connectivity index (χ0) is 25.4. The van der Waals surface area contributed by atoms with Crippen LogP contribution in [0.1, 0.15) is 45.2 Å². The number of nitrogens with zero attached hydrogens (tertiary/aromatic N) is 2. The highest BCUT2D eigenvalue weighted by Gasteiger charge is 2.38. The smallest absolute Gasteiger partial charge is 0.326 e. The molecule has 0 aromatic carbocycles. The molecule has 0 aliphatic carbocycles. The summed E-state index contributed by atoms with van der Waals surface area (Å²) in [4.78, 5) is 69.6. The first-order valence-electron chi connectivity index (χ1n) is 11.2. The normalized spacial score (nSPS) is 19.0. The van der Waals surface area contributed by atoms with Crippen LogP contribution in [0.4, 0.5) is 0 Å². The van der Waals surface area contributed by atoms with Crippen molar-refractivity contribution in [3.8, 4) is 0 Å². The van der Waals surface area contributed by atoms with Crippen molar-refractivity contribution in [2.24, 2.45) is 17.4 Å². The van der Waals surface area contributed by atoms with E-state index in [0.29, 0.717) is 25.0 Å². The Morgan fingerprint density at radius 1 is 1.29 bits per heavy atom. The summed E-state index contributed by atoms with van der Waals surface area (Å²) in [6.45, 7) is 3.79. The maximum Gasteiger partial charge on any atom is 0.326 e. The van der Waals surface area contributed by atoms with Crippen LogP contribution < -0.4 is 22.1 Å². The van der Waals surface area contributed by atoms with Crippen molar-refractivity contribution < 1.29 is 29.1 Å². The second kappa shape index (κ2) is 12.1. The average molecular weight is 480 g/mol. The number of primary amides is 1. The number of amides is 4. The number of carboxylic acid groups (broad SMARTS) is 1. The number of rotatable bonds is 12. The molecule has 1 aromatic heterocycles. The van der Waals surface area contributed by atoms with Gasteiger partial charge in [0.05, 0.1) is 18.8 Å². The molecule has 0 saturated carbocycles. The van der Waals surface area contributed by atoms with Gasteiger partial charge in [0.1, 0.15) is 18.1 Å². The summed E-state index contributed by atoms with van der Waals surface area (Å²) in [5, 5.41) is 14.7. The lowest BCUT2D eigenvalue weighted by Crippen LogP contribution is -2.58. The minimum absolute atomic E-state index is 0.0340. The van der Waals surface area contributed by atoms with Crippen molar-refractivity contribution in [2.75, 3.05) is 6.54 Å². The number of carboxylic acids is 1. The summed E-state index contributed by atoms with van der Waals surface area (Å²) >= 11 is 0. The first-order chi connectivity index (χ1) is 16.0. The molecule has 5 unspecified atom stereocenters. The number of H-pyrrole nitrogens is 1. The molecule has 188 valence electrons. The van der Waals surface area contributed by atoms with Gasteiger partial charge in [0, 0.05) is 24.9 Å². The number of aromatic nitrogens is 2. The molecule has 4 amide bonds. The Bertz CT molecular complexity index is 890. The van der Waals surface area contributed by atoms with Gasteiger partial charge in [0.15, 0.2) is 0 Å². The van der Waals surface area contributed by atoms with Crippen LogP contribution in [0.15, 0.2) is 12.5 Å². The molecular formula is C21H33N7O6.